The normalized spacial score (nSPS) is 14.4. The molecule has 0 aliphatic heterocycles. The van der Waals surface area contributed by atoms with Gasteiger partial charge in [0.15, 0.2) is 0 Å². The molecule has 0 fully saturated rings. The van der Waals surface area contributed by atoms with Gasteiger partial charge in [-0.05, 0) is 38.0 Å². The standard InChI is InChI=1S/C14H23NO2/c1-11(15-10-12(2)16-3)9-13-5-7-14(17-4)8-6-13/h5-8,11-12,15H,9-10H2,1-4H3. The average Bonchev–Trinajstić information content (AvgIpc) is 2.36. The Morgan fingerprint density at radius 1 is 1.12 bits per heavy atom. The van der Waals surface area contributed by atoms with E-state index in [4.69, 9.17) is 9.47 Å². The van der Waals surface area contributed by atoms with Gasteiger partial charge in [0.25, 0.3) is 0 Å². The van der Waals surface area contributed by atoms with Crippen molar-refractivity contribution in [3.8, 4) is 5.75 Å². The molecule has 1 aromatic rings. The highest BCUT2D eigenvalue weighted by atomic mass is 16.5. The monoisotopic (exact) mass is 237 g/mol. The van der Waals surface area contributed by atoms with Gasteiger partial charge in [-0.2, -0.15) is 0 Å². The molecule has 0 aliphatic carbocycles. The van der Waals surface area contributed by atoms with Crippen molar-refractivity contribution in [1.82, 2.24) is 5.32 Å². The summed E-state index contributed by atoms with van der Waals surface area (Å²) in [6.07, 6.45) is 1.27. The van der Waals surface area contributed by atoms with Crippen LogP contribution in [0.3, 0.4) is 0 Å². The van der Waals surface area contributed by atoms with Crippen LogP contribution in [0.1, 0.15) is 19.4 Å². The van der Waals surface area contributed by atoms with Crippen LogP contribution < -0.4 is 10.1 Å². The molecule has 1 aromatic carbocycles. The summed E-state index contributed by atoms with van der Waals surface area (Å²) in [5.41, 5.74) is 1.32. The van der Waals surface area contributed by atoms with Gasteiger partial charge >= 0.3 is 0 Å². The minimum atomic E-state index is 0.258. The summed E-state index contributed by atoms with van der Waals surface area (Å²) in [6.45, 7) is 5.13. The van der Waals surface area contributed by atoms with E-state index < -0.39 is 0 Å². The third-order valence-electron chi connectivity index (χ3n) is 2.86. The first kappa shape index (κ1) is 14.0. The van der Waals surface area contributed by atoms with Gasteiger partial charge in [-0.1, -0.05) is 12.1 Å². The van der Waals surface area contributed by atoms with E-state index in [1.54, 1.807) is 14.2 Å². The van der Waals surface area contributed by atoms with Gasteiger partial charge in [0, 0.05) is 19.7 Å². The summed E-state index contributed by atoms with van der Waals surface area (Å²) in [6, 6.07) is 8.66. The molecule has 1 N–H and O–H groups in total. The molecule has 0 amide bonds. The van der Waals surface area contributed by atoms with Crippen molar-refractivity contribution >= 4 is 0 Å². The van der Waals surface area contributed by atoms with Gasteiger partial charge in [0.1, 0.15) is 5.75 Å². The molecule has 3 nitrogen and oxygen atoms in total. The van der Waals surface area contributed by atoms with Crippen molar-refractivity contribution in [2.24, 2.45) is 0 Å². The van der Waals surface area contributed by atoms with Gasteiger partial charge in [-0.25, -0.2) is 0 Å². The fraction of sp³-hybridized carbons (Fsp3) is 0.571. The molecule has 0 aliphatic rings. The number of benzene rings is 1. The van der Waals surface area contributed by atoms with Crippen molar-refractivity contribution in [3.05, 3.63) is 29.8 Å². The van der Waals surface area contributed by atoms with Gasteiger partial charge in [0.2, 0.25) is 0 Å². The SMILES string of the molecule is COc1ccc(CC(C)NCC(C)OC)cc1. The maximum atomic E-state index is 5.20. The second-order valence-electron chi connectivity index (χ2n) is 4.41. The number of hydrogen-bond donors (Lipinski definition) is 1. The maximum Gasteiger partial charge on any atom is 0.118 e. The summed E-state index contributed by atoms with van der Waals surface area (Å²) in [5.74, 6) is 0.905. The molecule has 0 heterocycles. The number of methoxy groups -OCH3 is 2. The lowest BCUT2D eigenvalue weighted by Gasteiger charge is -2.17. The van der Waals surface area contributed by atoms with Crippen LogP contribution in [0.25, 0.3) is 0 Å². The van der Waals surface area contributed by atoms with Crippen LogP contribution >= 0.6 is 0 Å². The molecule has 0 saturated carbocycles. The third kappa shape index (κ3) is 5.20. The van der Waals surface area contributed by atoms with Crippen LogP contribution in [0, 0.1) is 0 Å². The summed E-state index contributed by atoms with van der Waals surface area (Å²) < 4.78 is 10.3. The molecule has 2 atom stereocenters. The van der Waals surface area contributed by atoms with Crippen LogP contribution in [0.5, 0.6) is 5.75 Å². The molecule has 0 bridgehead atoms. The Hall–Kier alpha value is -1.06. The summed E-state index contributed by atoms with van der Waals surface area (Å²) in [5, 5.41) is 3.45. The smallest absolute Gasteiger partial charge is 0.118 e. The number of rotatable bonds is 7. The van der Waals surface area contributed by atoms with Crippen LogP contribution in [0.15, 0.2) is 24.3 Å². The quantitative estimate of drug-likeness (QED) is 0.789. The molecular weight excluding hydrogens is 214 g/mol. The van der Waals surface area contributed by atoms with E-state index >= 15 is 0 Å². The fourth-order valence-electron chi connectivity index (χ4n) is 1.64. The third-order valence-corrected chi connectivity index (χ3v) is 2.86. The van der Waals surface area contributed by atoms with Crippen molar-refractivity contribution in [1.29, 1.82) is 0 Å². The molecule has 3 heteroatoms. The van der Waals surface area contributed by atoms with Crippen molar-refractivity contribution in [2.75, 3.05) is 20.8 Å². The summed E-state index contributed by atoms with van der Waals surface area (Å²) in [4.78, 5) is 0. The molecule has 0 saturated heterocycles. The first-order chi connectivity index (χ1) is 8.15. The predicted molar refractivity (Wildman–Crippen MR) is 70.6 cm³/mol. The van der Waals surface area contributed by atoms with Gasteiger partial charge in [-0.15, -0.1) is 0 Å². The van der Waals surface area contributed by atoms with Crippen LogP contribution in [-0.2, 0) is 11.2 Å². The fourth-order valence-corrected chi connectivity index (χ4v) is 1.64. The lowest BCUT2D eigenvalue weighted by Crippen LogP contribution is -2.34. The number of nitrogens with one attached hydrogen (secondary N) is 1. The van der Waals surface area contributed by atoms with E-state index in [2.05, 4.69) is 31.3 Å². The highest BCUT2D eigenvalue weighted by molar-refractivity contribution is 5.27. The first-order valence-electron chi connectivity index (χ1n) is 6.04. The largest absolute Gasteiger partial charge is 0.497 e. The van der Waals surface area contributed by atoms with E-state index in [1.807, 2.05) is 12.1 Å². The minimum absolute atomic E-state index is 0.258. The second-order valence-corrected chi connectivity index (χ2v) is 4.41. The highest BCUT2D eigenvalue weighted by Crippen LogP contribution is 2.12. The highest BCUT2D eigenvalue weighted by Gasteiger charge is 2.05. The number of ether oxygens (including phenoxy) is 2. The van der Waals surface area contributed by atoms with Crippen LogP contribution in [0.2, 0.25) is 0 Å². The van der Waals surface area contributed by atoms with Gasteiger partial charge in [0.05, 0.1) is 13.2 Å². The van der Waals surface area contributed by atoms with Crippen LogP contribution in [-0.4, -0.2) is 32.9 Å². The van der Waals surface area contributed by atoms with Crippen molar-refractivity contribution in [2.45, 2.75) is 32.4 Å². The zero-order valence-corrected chi connectivity index (χ0v) is 11.2. The molecule has 0 spiro atoms. The maximum absolute atomic E-state index is 5.20. The Balaban J connectivity index is 2.36. The Labute approximate surface area is 104 Å². The summed E-state index contributed by atoms with van der Waals surface area (Å²) in [7, 11) is 3.42. The average molecular weight is 237 g/mol. The van der Waals surface area contributed by atoms with Crippen LogP contribution in [0.4, 0.5) is 0 Å². The topological polar surface area (TPSA) is 30.5 Å². The Bertz CT molecular complexity index is 311. The molecule has 1 rings (SSSR count). The Morgan fingerprint density at radius 2 is 1.76 bits per heavy atom. The lowest BCUT2D eigenvalue weighted by atomic mass is 10.1. The zero-order valence-electron chi connectivity index (χ0n) is 11.2. The van der Waals surface area contributed by atoms with Gasteiger partial charge in [-0.3, -0.25) is 0 Å². The van der Waals surface area contributed by atoms with Gasteiger partial charge < -0.3 is 14.8 Å². The van der Waals surface area contributed by atoms with E-state index in [9.17, 15) is 0 Å². The first-order valence-corrected chi connectivity index (χ1v) is 6.04. The lowest BCUT2D eigenvalue weighted by molar-refractivity contribution is 0.115. The zero-order chi connectivity index (χ0) is 12.7. The Kier molecular flexibility index (Phi) is 6.01. The van der Waals surface area contributed by atoms with Crippen molar-refractivity contribution in [3.63, 3.8) is 0 Å². The molecule has 2 unspecified atom stereocenters. The minimum Gasteiger partial charge on any atom is -0.497 e. The molecule has 0 radical (unpaired) electrons. The summed E-state index contributed by atoms with van der Waals surface area (Å²) >= 11 is 0. The molecule has 96 valence electrons. The predicted octanol–water partition coefficient (Wildman–Crippen LogP) is 2.25. The van der Waals surface area contributed by atoms with E-state index in [-0.39, 0.29) is 6.10 Å². The molecule has 17 heavy (non-hydrogen) atoms. The Morgan fingerprint density at radius 3 is 2.29 bits per heavy atom. The number of hydrogen-bond acceptors (Lipinski definition) is 3. The van der Waals surface area contributed by atoms with Crippen molar-refractivity contribution < 1.29 is 9.47 Å². The second kappa shape index (κ2) is 7.30. The van der Waals surface area contributed by atoms with E-state index in [0.717, 1.165) is 18.7 Å². The van der Waals surface area contributed by atoms with E-state index in [1.165, 1.54) is 5.56 Å². The molecular formula is C14H23NO2. The molecule has 0 aromatic heterocycles. The van der Waals surface area contributed by atoms with E-state index in [0.29, 0.717) is 6.04 Å².